The average Bonchev–Trinajstić information content (AvgIpc) is 2.83. The number of aliphatic hydroxyl groups is 1. The quantitative estimate of drug-likeness (QED) is 0.883. The number of hydrogen-bond acceptors (Lipinski definition) is 3. The van der Waals surface area contributed by atoms with E-state index in [0.717, 1.165) is 24.1 Å². The van der Waals surface area contributed by atoms with E-state index in [1.54, 1.807) is 10.7 Å². The molecule has 0 radical (unpaired) electrons. The van der Waals surface area contributed by atoms with Gasteiger partial charge in [0, 0.05) is 5.92 Å². The molecular weight excluding hydrogens is 257 g/mol. The van der Waals surface area contributed by atoms with Gasteiger partial charge in [0.25, 0.3) is 0 Å². The summed E-state index contributed by atoms with van der Waals surface area (Å²) in [6, 6.07) is 6.47. The SMILES string of the molecule is CCC(CC)c1c(CO)nnn1Cc1cccc(F)c1. The molecule has 0 saturated heterocycles. The molecule has 1 aromatic heterocycles. The molecule has 2 aromatic rings. The summed E-state index contributed by atoms with van der Waals surface area (Å²) < 4.78 is 15.0. The molecule has 0 amide bonds. The summed E-state index contributed by atoms with van der Waals surface area (Å²) in [4.78, 5) is 0. The Hall–Kier alpha value is -1.75. The van der Waals surface area contributed by atoms with Crippen LogP contribution in [0.15, 0.2) is 24.3 Å². The minimum Gasteiger partial charge on any atom is -0.390 e. The Morgan fingerprint density at radius 2 is 2.05 bits per heavy atom. The number of benzene rings is 1. The zero-order chi connectivity index (χ0) is 14.5. The third-order valence-corrected chi connectivity index (χ3v) is 3.59. The number of aromatic nitrogens is 3. The monoisotopic (exact) mass is 277 g/mol. The lowest BCUT2D eigenvalue weighted by Gasteiger charge is -2.15. The van der Waals surface area contributed by atoms with Crippen LogP contribution in [-0.2, 0) is 13.2 Å². The van der Waals surface area contributed by atoms with Gasteiger partial charge in [-0.2, -0.15) is 0 Å². The Balaban J connectivity index is 2.34. The van der Waals surface area contributed by atoms with Gasteiger partial charge in [-0.15, -0.1) is 5.10 Å². The largest absolute Gasteiger partial charge is 0.390 e. The fourth-order valence-corrected chi connectivity index (χ4v) is 2.52. The summed E-state index contributed by atoms with van der Waals surface area (Å²) in [6.07, 6.45) is 1.92. The van der Waals surface area contributed by atoms with Crippen LogP contribution in [0.5, 0.6) is 0 Å². The molecule has 0 atom stereocenters. The summed E-state index contributed by atoms with van der Waals surface area (Å²) in [7, 11) is 0. The maximum atomic E-state index is 13.2. The highest BCUT2D eigenvalue weighted by Crippen LogP contribution is 2.25. The van der Waals surface area contributed by atoms with Crippen molar-refractivity contribution in [3.05, 3.63) is 47.0 Å². The van der Waals surface area contributed by atoms with Crippen LogP contribution >= 0.6 is 0 Å². The second-order valence-electron chi connectivity index (χ2n) is 4.88. The molecule has 0 aliphatic carbocycles. The molecule has 108 valence electrons. The number of aliphatic hydroxyl groups excluding tert-OH is 1. The van der Waals surface area contributed by atoms with Crippen molar-refractivity contribution in [2.45, 2.75) is 45.8 Å². The van der Waals surface area contributed by atoms with Crippen LogP contribution in [0.1, 0.15) is 49.6 Å². The summed E-state index contributed by atoms with van der Waals surface area (Å²) >= 11 is 0. The molecule has 20 heavy (non-hydrogen) atoms. The summed E-state index contributed by atoms with van der Waals surface area (Å²) in [5.74, 6) is 0.0507. The molecule has 1 N–H and O–H groups in total. The number of halogens is 1. The van der Waals surface area contributed by atoms with Crippen LogP contribution in [0.25, 0.3) is 0 Å². The van der Waals surface area contributed by atoms with E-state index in [-0.39, 0.29) is 12.4 Å². The lowest BCUT2D eigenvalue weighted by molar-refractivity contribution is 0.274. The zero-order valence-corrected chi connectivity index (χ0v) is 11.9. The van der Waals surface area contributed by atoms with E-state index in [4.69, 9.17) is 0 Å². The second kappa shape index (κ2) is 6.61. The van der Waals surface area contributed by atoms with Crippen molar-refractivity contribution < 1.29 is 9.50 Å². The maximum Gasteiger partial charge on any atom is 0.123 e. The smallest absolute Gasteiger partial charge is 0.123 e. The molecule has 0 saturated carbocycles. The van der Waals surface area contributed by atoms with Gasteiger partial charge in [-0.1, -0.05) is 31.2 Å². The van der Waals surface area contributed by atoms with Gasteiger partial charge in [-0.25, -0.2) is 9.07 Å². The summed E-state index contributed by atoms with van der Waals surface area (Å²) in [5, 5.41) is 17.6. The predicted molar refractivity (Wildman–Crippen MR) is 74.8 cm³/mol. The first-order valence-electron chi connectivity index (χ1n) is 6.97. The van der Waals surface area contributed by atoms with Crippen LogP contribution in [0.2, 0.25) is 0 Å². The lowest BCUT2D eigenvalue weighted by Crippen LogP contribution is -2.11. The van der Waals surface area contributed by atoms with Crippen LogP contribution in [0.3, 0.4) is 0 Å². The molecule has 0 spiro atoms. The van der Waals surface area contributed by atoms with Crippen LogP contribution in [0.4, 0.5) is 4.39 Å². The van der Waals surface area contributed by atoms with Gasteiger partial charge in [-0.05, 0) is 30.5 Å². The van der Waals surface area contributed by atoms with Crippen molar-refractivity contribution in [2.24, 2.45) is 0 Å². The standard InChI is InChI=1S/C15H20FN3O/c1-3-12(4-2)15-14(10-20)17-18-19(15)9-11-6-5-7-13(16)8-11/h5-8,12,20H,3-4,9-10H2,1-2H3. The molecule has 4 nitrogen and oxygen atoms in total. The van der Waals surface area contributed by atoms with E-state index < -0.39 is 0 Å². The Labute approximate surface area is 118 Å². The highest BCUT2D eigenvalue weighted by Gasteiger charge is 2.19. The third kappa shape index (κ3) is 3.04. The molecule has 1 heterocycles. The highest BCUT2D eigenvalue weighted by molar-refractivity contribution is 5.20. The van der Waals surface area contributed by atoms with E-state index in [9.17, 15) is 9.50 Å². The van der Waals surface area contributed by atoms with Gasteiger partial charge in [0.05, 0.1) is 18.8 Å². The third-order valence-electron chi connectivity index (χ3n) is 3.59. The minimum atomic E-state index is -0.255. The predicted octanol–water partition coefficient (Wildman–Crippen LogP) is 2.86. The van der Waals surface area contributed by atoms with Crippen molar-refractivity contribution in [1.29, 1.82) is 0 Å². The molecular formula is C15H20FN3O. The molecule has 0 aliphatic heterocycles. The van der Waals surface area contributed by atoms with E-state index in [0.29, 0.717) is 18.2 Å². The van der Waals surface area contributed by atoms with E-state index in [1.165, 1.54) is 12.1 Å². The Morgan fingerprint density at radius 3 is 2.65 bits per heavy atom. The van der Waals surface area contributed by atoms with Gasteiger partial charge in [-0.3, -0.25) is 0 Å². The summed E-state index contributed by atoms with van der Waals surface area (Å²) in [5.41, 5.74) is 2.42. The molecule has 0 fully saturated rings. The molecule has 0 bridgehead atoms. The van der Waals surface area contributed by atoms with E-state index >= 15 is 0 Å². The van der Waals surface area contributed by atoms with E-state index in [1.807, 2.05) is 6.07 Å². The van der Waals surface area contributed by atoms with Gasteiger partial charge >= 0.3 is 0 Å². The number of nitrogens with zero attached hydrogens (tertiary/aromatic N) is 3. The van der Waals surface area contributed by atoms with Crippen LogP contribution in [0, 0.1) is 5.82 Å². The first-order chi connectivity index (χ1) is 9.69. The van der Waals surface area contributed by atoms with Crippen molar-refractivity contribution in [3.8, 4) is 0 Å². The number of rotatable bonds is 6. The van der Waals surface area contributed by atoms with Crippen molar-refractivity contribution in [3.63, 3.8) is 0 Å². The van der Waals surface area contributed by atoms with E-state index in [2.05, 4.69) is 24.2 Å². The van der Waals surface area contributed by atoms with Gasteiger partial charge in [0.15, 0.2) is 0 Å². The second-order valence-corrected chi connectivity index (χ2v) is 4.88. The first kappa shape index (κ1) is 14.7. The van der Waals surface area contributed by atoms with Gasteiger partial charge < -0.3 is 5.11 Å². The molecule has 0 unspecified atom stereocenters. The Bertz CT molecular complexity index is 564. The minimum absolute atomic E-state index is 0.116. The topological polar surface area (TPSA) is 50.9 Å². The van der Waals surface area contributed by atoms with Crippen LogP contribution in [-0.4, -0.2) is 20.1 Å². The zero-order valence-electron chi connectivity index (χ0n) is 11.9. The fraction of sp³-hybridized carbons (Fsp3) is 0.467. The average molecular weight is 277 g/mol. The lowest BCUT2D eigenvalue weighted by atomic mass is 9.97. The molecule has 1 aromatic carbocycles. The number of hydrogen-bond donors (Lipinski definition) is 1. The van der Waals surface area contributed by atoms with Crippen molar-refractivity contribution >= 4 is 0 Å². The Kier molecular flexibility index (Phi) is 4.84. The highest BCUT2D eigenvalue weighted by atomic mass is 19.1. The first-order valence-corrected chi connectivity index (χ1v) is 6.97. The van der Waals surface area contributed by atoms with Gasteiger partial charge in [0.2, 0.25) is 0 Å². The van der Waals surface area contributed by atoms with Crippen molar-refractivity contribution in [1.82, 2.24) is 15.0 Å². The summed E-state index contributed by atoms with van der Waals surface area (Å²) in [6.45, 7) is 4.56. The fourth-order valence-electron chi connectivity index (χ4n) is 2.52. The normalized spacial score (nSPS) is 11.2. The Morgan fingerprint density at radius 1 is 1.30 bits per heavy atom. The van der Waals surface area contributed by atoms with Crippen molar-refractivity contribution in [2.75, 3.05) is 0 Å². The maximum absolute atomic E-state index is 13.2. The molecule has 2 rings (SSSR count). The molecule has 0 aliphatic rings. The molecule has 5 heteroatoms. The van der Waals surface area contributed by atoms with Crippen LogP contribution < -0.4 is 0 Å². The van der Waals surface area contributed by atoms with Gasteiger partial charge in [0.1, 0.15) is 11.5 Å².